The van der Waals surface area contributed by atoms with E-state index in [1.807, 2.05) is 13.0 Å². The molecule has 2 rings (SSSR count). The summed E-state index contributed by atoms with van der Waals surface area (Å²) in [6.45, 7) is 1.75. The van der Waals surface area contributed by atoms with Gasteiger partial charge in [-0.3, -0.25) is 4.79 Å². The van der Waals surface area contributed by atoms with Crippen LogP contribution < -0.4 is 10.1 Å². The van der Waals surface area contributed by atoms with E-state index in [4.69, 9.17) is 9.84 Å². The van der Waals surface area contributed by atoms with E-state index in [2.05, 4.69) is 5.32 Å². The summed E-state index contributed by atoms with van der Waals surface area (Å²) in [4.78, 5) is 12.2. The highest BCUT2D eigenvalue weighted by atomic mass is 19.1. The third kappa shape index (κ3) is 3.38. The number of aliphatic hydroxyl groups is 1. The molecule has 4 nitrogen and oxygen atoms in total. The molecule has 0 spiro atoms. The van der Waals surface area contributed by atoms with Gasteiger partial charge in [0.1, 0.15) is 0 Å². The number of carbonyl (C=O) groups excluding carboxylic acids is 1. The van der Waals surface area contributed by atoms with Gasteiger partial charge in [0, 0.05) is 11.3 Å². The van der Waals surface area contributed by atoms with Crippen LogP contribution in [0.3, 0.4) is 0 Å². The fourth-order valence-electron chi connectivity index (χ4n) is 1.90. The Morgan fingerprint density at radius 3 is 2.71 bits per heavy atom. The molecule has 0 heterocycles. The van der Waals surface area contributed by atoms with E-state index in [9.17, 15) is 9.18 Å². The number of benzene rings is 2. The Kier molecular flexibility index (Phi) is 4.55. The molecule has 2 aromatic carbocycles. The van der Waals surface area contributed by atoms with Gasteiger partial charge in [0.15, 0.2) is 11.6 Å². The Labute approximate surface area is 122 Å². The molecule has 0 aliphatic heterocycles. The summed E-state index contributed by atoms with van der Waals surface area (Å²) in [7, 11) is 1.34. The lowest BCUT2D eigenvalue weighted by Gasteiger charge is -2.11. The largest absolute Gasteiger partial charge is 0.494 e. The van der Waals surface area contributed by atoms with Gasteiger partial charge in [0.05, 0.1) is 13.7 Å². The molecular formula is C16H16FNO3. The summed E-state index contributed by atoms with van der Waals surface area (Å²) in [5, 5.41) is 11.9. The number of halogens is 1. The van der Waals surface area contributed by atoms with Gasteiger partial charge >= 0.3 is 0 Å². The van der Waals surface area contributed by atoms with Crippen molar-refractivity contribution >= 4 is 11.6 Å². The minimum atomic E-state index is -0.521. The van der Waals surface area contributed by atoms with Gasteiger partial charge in [-0.2, -0.15) is 0 Å². The number of hydrogen-bond donors (Lipinski definition) is 2. The van der Waals surface area contributed by atoms with E-state index in [1.165, 1.54) is 25.3 Å². The van der Waals surface area contributed by atoms with E-state index < -0.39 is 5.82 Å². The van der Waals surface area contributed by atoms with E-state index in [-0.39, 0.29) is 18.3 Å². The molecule has 0 bridgehead atoms. The SMILES string of the molecule is COc1cc(C(=O)Nc2cc(CO)ccc2C)ccc1F. The number of aryl methyl sites for hydroxylation is 1. The van der Waals surface area contributed by atoms with Crippen LogP contribution in [-0.4, -0.2) is 18.1 Å². The molecule has 0 aromatic heterocycles. The average Bonchev–Trinajstić information content (AvgIpc) is 2.49. The van der Waals surface area contributed by atoms with Gasteiger partial charge in [-0.05, 0) is 42.3 Å². The summed E-state index contributed by atoms with van der Waals surface area (Å²) in [5.41, 5.74) is 2.47. The van der Waals surface area contributed by atoms with Crippen molar-refractivity contribution in [2.24, 2.45) is 0 Å². The van der Waals surface area contributed by atoms with Crippen LogP contribution in [0.2, 0.25) is 0 Å². The zero-order chi connectivity index (χ0) is 15.4. The molecule has 0 aliphatic rings. The van der Waals surface area contributed by atoms with Crippen molar-refractivity contribution in [3.8, 4) is 5.75 Å². The highest BCUT2D eigenvalue weighted by molar-refractivity contribution is 6.04. The van der Waals surface area contributed by atoms with Crippen molar-refractivity contribution in [1.82, 2.24) is 0 Å². The minimum absolute atomic E-state index is 0.0171. The Bertz CT molecular complexity index is 671. The first-order chi connectivity index (χ1) is 10.0. The van der Waals surface area contributed by atoms with Crippen LogP contribution >= 0.6 is 0 Å². The number of aliphatic hydroxyl groups excluding tert-OH is 1. The molecule has 0 unspecified atom stereocenters. The van der Waals surface area contributed by atoms with Crippen molar-refractivity contribution in [2.45, 2.75) is 13.5 Å². The molecule has 0 radical (unpaired) electrons. The Hall–Kier alpha value is -2.40. The molecular weight excluding hydrogens is 273 g/mol. The van der Waals surface area contributed by atoms with Gasteiger partial charge in [-0.25, -0.2) is 4.39 Å². The first kappa shape index (κ1) is 15.0. The zero-order valence-electron chi connectivity index (χ0n) is 11.8. The number of nitrogens with one attached hydrogen (secondary N) is 1. The highest BCUT2D eigenvalue weighted by Crippen LogP contribution is 2.21. The molecule has 0 saturated heterocycles. The fraction of sp³-hybridized carbons (Fsp3) is 0.188. The summed E-state index contributed by atoms with van der Waals surface area (Å²) >= 11 is 0. The van der Waals surface area contributed by atoms with Gasteiger partial charge in [0.25, 0.3) is 5.91 Å². The van der Waals surface area contributed by atoms with Crippen molar-refractivity contribution in [1.29, 1.82) is 0 Å². The number of ether oxygens (including phenoxy) is 1. The molecule has 2 aromatic rings. The zero-order valence-corrected chi connectivity index (χ0v) is 11.8. The number of anilines is 1. The third-order valence-corrected chi connectivity index (χ3v) is 3.15. The van der Waals surface area contributed by atoms with Crippen LogP contribution in [-0.2, 0) is 6.61 Å². The van der Waals surface area contributed by atoms with Crippen LogP contribution in [0.15, 0.2) is 36.4 Å². The van der Waals surface area contributed by atoms with Crippen molar-refractivity contribution in [3.63, 3.8) is 0 Å². The molecule has 110 valence electrons. The topological polar surface area (TPSA) is 58.6 Å². The molecule has 1 amide bonds. The molecule has 2 N–H and O–H groups in total. The second-order valence-electron chi connectivity index (χ2n) is 4.61. The molecule has 21 heavy (non-hydrogen) atoms. The quantitative estimate of drug-likeness (QED) is 0.910. The normalized spacial score (nSPS) is 10.3. The van der Waals surface area contributed by atoms with Crippen molar-refractivity contribution in [3.05, 3.63) is 58.9 Å². The summed E-state index contributed by atoms with van der Waals surface area (Å²) < 4.78 is 18.2. The van der Waals surface area contributed by atoms with E-state index >= 15 is 0 Å². The van der Waals surface area contributed by atoms with Crippen LogP contribution in [0.4, 0.5) is 10.1 Å². The Balaban J connectivity index is 2.25. The van der Waals surface area contributed by atoms with Gasteiger partial charge in [0.2, 0.25) is 0 Å². The molecule has 5 heteroatoms. The second-order valence-corrected chi connectivity index (χ2v) is 4.61. The van der Waals surface area contributed by atoms with Crippen LogP contribution in [0.25, 0.3) is 0 Å². The summed E-state index contributed by atoms with van der Waals surface area (Å²) in [5.74, 6) is -0.873. The maximum Gasteiger partial charge on any atom is 0.255 e. The number of methoxy groups -OCH3 is 1. The fourth-order valence-corrected chi connectivity index (χ4v) is 1.90. The van der Waals surface area contributed by atoms with Crippen LogP contribution in [0, 0.1) is 12.7 Å². The number of hydrogen-bond acceptors (Lipinski definition) is 3. The molecule has 0 saturated carbocycles. The van der Waals surface area contributed by atoms with E-state index in [0.717, 1.165) is 5.56 Å². The molecule has 0 aliphatic carbocycles. The lowest BCUT2D eigenvalue weighted by Crippen LogP contribution is -2.13. The lowest BCUT2D eigenvalue weighted by atomic mass is 10.1. The predicted octanol–water partition coefficient (Wildman–Crippen LogP) is 2.89. The monoisotopic (exact) mass is 289 g/mol. The van der Waals surface area contributed by atoms with Crippen molar-refractivity contribution < 1.29 is 19.0 Å². The van der Waals surface area contributed by atoms with Gasteiger partial charge in [-0.15, -0.1) is 0 Å². The molecule has 0 fully saturated rings. The van der Waals surface area contributed by atoms with E-state index in [0.29, 0.717) is 16.8 Å². The summed E-state index contributed by atoms with van der Waals surface area (Å²) in [6.07, 6.45) is 0. The van der Waals surface area contributed by atoms with Gasteiger partial charge < -0.3 is 15.2 Å². The maximum absolute atomic E-state index is 13.3. The first-order valence-electron chi connectivity index (χ1n) is 6.40. The molecule has 0 atom stereocenters. The lowest BCUT2D eigenvalue weighted by molar-refractivity contribution is 0.102. The van der Waals surface area contributed by atoms with Crippen LogP contribution in [0.1, 0.15) is 21.5 Å². The van der Waals surface area contributed by atoms with Gasteiger partial charge in [-0.1, -0.05) is 12.1 Å². The van der Waals surface area contributed by atoms with Crippen molar-refractivity contribution in [2.75, 3.05) is 12.4 Å². The average molecular weight is 289 g/mol. The highest BCUT2D eigenvalue weighted by Gasteiger charge is 2.11. The third-order valence-electron chi connectivity index (χ3n) is 3.15. The van der Waals surface area contributed by atoms with Crippen LogP contribution in [0.5, 0.6) is 5.75 Å². The number of carbonyl (C=O) groups is 1. The second kappa shape index (κ2) is 6.37. The first-order valence-corrected chi connectivity index (χ1v) is 6.40. The van der Waals surface area contributed by atoms with E-state index in [1.54, 1.807) is 12.1 Å². The standard InChI is InChI=1S/C16H16FNO3/c1-10-3-4-11(9-19)7-14(10)18-16(20)12-5-6-13(17)15(8-12)21-2/h3-8,19H,9H2,1-2H3,(H,18,20). The predicted molar refractivity (Wildman–Crippen MR) is 78.0 cm³/mol. The Morgan fingerprint density at radius 1 is 1.29 bits per heavy atom. The summed E-state index contributed by atoms with van der Waals surface area (Å²) in [6, 6.07) is 9.21. The minimum Gasteiger partial charge on any atom is -0.494 e. The number of rotatable bonds is 4. The maximum atomic E-state index is 13.3. The Morgan fingerprint density at radius 2 is 2.05 bits per heavy atom. The number of amides is 1. The smallest absolute Gasteiger partial charge is 0.255 e.